The van der Waals surface area contributed by atoms with Crippen molar-refractivity contribution in [2.45, 2.75) is 13.0 Å². The summed E-state index contributed by atoms with van der Waals surface area (Å²) < 4.78 is 15.8. The molecule has 0 heterocycles. The van der Waals surface area contributed by atoms with Crippen LogP contribution in [-0.2, 0) is 0 Å². The monoisotopic (exact) mass is 385 g/mol. The highest BCUT2D eigenvalue weighted by atomic mass is 16.6. The number of carbonyl (C=O) groups is 1. The number of rotatable bonds is 7. The third-order valence-corrected chi connectivity index (χ3v) is 4.08. The molecule has 0 saturated heterocycles. The van der Waals surface area contributed by atoms with E-state index in [-0.39, 0.29) is 11.3 Å². The molecule has 0 fully saturated rings. The number of hydrogen-bond donors (Lipinski definition) is 1. The Bertz CT molecular complexity index is 926. The second kappa shape index (κ2) is 8.73. The Morgan fingerprint density at radius 3 is 2.18 bits per heavy atom. The molecule has 0 radical (unpaired) electrons. The quantitative estimate of drug-likeness (QED) is 0.574. The Morgan fingerprint density at radius 1 is 1.14 bits per heavy atom. The SMILES string of the molecule is COc1cc(C(C#N)NC(=O)c2ccc([N+](=O)[O-])c(C)c2)cc(OC)c1OC. The van der Waals surface area contributed by atoms with Gasteiger partial charge in [-0.2, -0.15) is 5.26 Å². The smallest absolute Gasteiger partial charge is 0.272 e. The van der Waals surface area contributed by atoms with Gasteiger partial charge in [-0.3, -0.25) is 14.9 Å². The highest BCUT2D eigenvalue weighted by Gasteiger charge is 2.21. The van der Waals surface area contributed by atoms with Gasteiger partial charge in [-0.05, 0) is 36.8 Å². The number of hydrogen-bond acceptors (Lipinski definition) is 7. The minimum Gasteiger partial charge on any atom is -0.493 e. The van der Waals surface area contributed by atoms with Crippen LogP contribution in [0, 0.1) is 28.4 Å². The van der Waals surface area contributed by atoms with Gasteiger partial charge in [0.05, 0.1) is 32.3 Å². The first kappa shape index (κ1) is 20.5. The molecule has 1 amide bonds. The molecule has 1 atom stereocenters. The van der Waals surface area contributed by atoms with Crippen LogP contribution in [-0.4, -0.2) is 32.2 Å². The van der Waals surface area contributed by atoms with E-state index in [1.165, 1.54) is 46.5 Å². The van der Waals surface area contributed by atoms with Crippen molar-refractivity contribution in [2.75, 3.05) is 21.3 Å². The Morgan fingerprint density at radius 2 is 1.75 bits per heavy atom. The minimum atomic E-state index is -1.00. The maximum Gasteiger partial charge on any atom is 0.272 e. The normalized spacial score (nSPS) is 11.1. The number of ether oxygens (including phenoxy) is 3. The molecule has 0 saturated carbocycles. The van der Waals surface area contributed by atoms with Crippen LogP contribution < -0.4 is 19.5 Å². The number of nitriles is 1. The maximum atomic E-state index is 12.5. The van der Waals surface area contributed by atoms with Crippen molar-refractivity contribution in [3.63, 3.8) is 0 Å². The first-order chi connectivity index (χ1) is 13.4. The van der Waals surface area contributed by atoms with Crippen molar-refractivity contribution >= 4 is 11.6 Å². The van der Waals surface area contributed by atoms with Crippen molar-refractivity contribution in [2.24, 2.45) is 0 Å². The molecule has 0 aliphatic carbocycles. The van der Waals surface area contributed by atoms with Gasteiger partial charge in [0, 0.05) is 17.2 Å². The predicted octanol–water partition coefficient (Wildman–Crippen LogP) is 2.92. The van der Waals surface area contributed by atoms with E-state index in [1.807, 2.05) is 6.07 Å². The fraction of sp³-hybridized carbons (Fsp3) is 0.263. The number of nitrogens with zero attached hydrogens (tertiary/aromatic N) is 2. The maximum absolute atomic E-state index is 12.5. The molecule has 0 bridgehead atoms. The summed E-state index contributed by atoms with van der Waals surface area (Å²) in [5, 5.41) is 23.0. The van der Waals surface area contributed by atoms with Gasteiger partial charge in [-0.1, -0.05) is 0 Å². The first-order valence-electron chi connectivity index (χ1n) is 8.11. The zero-order chi connectivity index (χ0) is 20.8. The van der Waals surface area contributed by atoms with Crippen LogP contribution in [0.15, 0.2) is 30.3 Å². The van der Waals surface area contributed by atoms with Crippen molar-refractivity contribution in [1.82, 2.24) is 5.32 Å². The van der Waals surface area contributed by atoms with Crippen LogP contribution >= 0.6 is 0 Å². The highest BCUT2D eigenvalue weighted by molar-refractivity contribution is 5.95. The van der Waals surface area contributed by atoms with Crippen LogP contribution in [0.4, 0.5) is 5.69 Å². The highest BCUT2D eigenvalue weighted by Crippen LogP contribution is 2.39. The summed E-state index contributed by atoms with van der Waals surface area (Å²) in [6, 6.07) is 8.13. The number of benzene rings is 2. The average molecular weight is 385 g/mol. The largest absolute Gasteiger partial charge is 0.493 e. The molecule has 0 aliphatic rings. The van der Waals surface area contributed by atoms with Gasteiger partial charge < -0.3 is 19.5 Å². The molecule has 2 rings (SSSR count). The van der Waals surface area contributed by atoms with Gasteiger partial charge in [0.15, 0.2) is 11.5 Å². The van der Waals surface area contributed by atoms with Crippen LogP contribution in [0.5, 0.6) is 17.2 Å². The third kappa shape index (κ3) is 4.12. The van der Waals surface area contributed by atoms with Gasteiger partial charge >= 0.3 is 0 Å². The molecule has 1 unspecified atom stereocenters. The fourth-order valence-electron chi connectivity index (χ4n) is 2.67. The molecule has 28 heavy (non-hydrogen) atoms. The molecule has 1 N–H and O–H groups in total. The summed E-state index contributed by atoms with van der Waals surface area (Å²) in [4.78, 5) is 22.9. The van der Waals surface area contributed by atoms with E-state index in [1.54, 1.807) is 12.1 Å². The van der Waals surface area contributed by atoms with Gasteiger partial charge in [0.2, 0.25) is 5.75 Å². The molecule has 0 spiro atoms. The van der Waals surface area contributed by atoms with Crippen molar-refractivity contribution < 1.29 is 23.9 Å². The number of nitro groups is 1. The van der Waals surface area contributed by atoms with E-state index < -0.39 is 16.9 Å². The molecule has 2 aromatic rings. The molecule has 0 aliphatic heterocycles. The van der Waals surface area contributed by atoms with Crippen LogP contribution in [0.2, 0.25) is 0 Å². The lowest BCUT2D eigenvalue weighted by molar-refractivity contribution is -0.385. The molecule has 146 valence electrons. The zero-order valence-electron chi connectivity index (χ0n) is 15.8. The van der Waals surface area contributed by atoms with E-state index in [2.05, 4.69) is 5.32 Å². The molecule has 9 heteroatoms. The molecule has 9 nitrogen and oxygen atoms in total. The number of amides is 1. The van der Waals surface area contributed by atoms with E-state index >= 15 is 0 Å². The number of nitro benzene ring substituents is 1. The summed E-state index contributed by atoms with van der Waals surface area (Å²) in [7, 11) is 4.35. The Balaban J connectivity index is 2.34. The lowest BCUT2D eigenvalue weighted by Gasteiger charge is -2.17. The number of carbonyl (C=O) groups excluding carboxylic acids is 1. The van der Waals surface area contributed by atoms with E-state index in [0.717, 1.165) is 0 Å². The first-order valence-corrected chi connectivity index (χ1v) is 8.11. The Kier molecular flexibility index (Phi) is 6.39. The number of nitrogens with one attached hydrogen (secondary N) is 1. The Labute approximate surface area is 161 Å². The topological polar surface area (TPSA) is 124 Å². The summed E-state index contributed by atoms with van der Waals surface area (Å²) in [6.45, 7) is 1.54. The molecule has 2 aromatic carbocycles. The van der Waals surface area contributed by atoms with Crippen LogP contribution in [0.3, 0.4) is 0 Å². The summed E-state index contributed by atoms with van der Waals surface area (Å²) in [5.74, 6) is 0.510. The van der Waals surface area contributed by atoms with Crippen molar-refractivity contribution in [3.8, 4) is 23.3 Å². The number of aryl methyl sites for hydroxylation is 1. The van der Waals surface area contributed by atoms with Gasteiger partial charge in [-0.15, -0.1) is 0 Å². The van der Waals surface area contributed by atoms with Crippen LogP contribution in [0.1, 0.15) is 27.5 Å². The third-order valence-electron chi connectivity index (χ3n) is 4.08. The van der Waals surface area contributed by atoms with E-state index in [4.69, 9.17) is 14.2 Å². The van der Waals surface area contributed by atoms with Gasteiger partial charge in [0.1, 0.15) is 6.04 Å². The van der Waals surface area contributed by atoms with Crippen LogP contribution in [0.25, 0.3) is 0 Å². The second-order valence-electron chi connectivity index (χ2n) is 5.75. The standard InChI is InChI=1S/C19H19N3O6/c1-11-7-12(5-6-15(11)22(24)25)19(23)21-14(10-20)13-8-16(26-2)18(28-4)17(9-13)27-3/h5-9,14H,1-4H3,(H,21,23). The summed E-state index contributed by atoms with van der Waals surface area (Å²) >= 11 is 0. The molecular weight excluding hydrogens is 366 g/mol. The van der Waals surface area contributed by atoms with Crippen molar-refractivity contribution in [3.05, 3.63) is 57.1 Å². The summed E-state index contributed by atoms with van der Waals surface area (Å²) in [6.07, 6.45) is 0. The molecular formula is C19H19N3O6. The van der Waals surface area contributed by atoms with Gasteiger partial charge in [-0.25, -0.2) is 0 Å². The van der Waals surface area contributed by atoms with Crippen molar-refractivity contribution in [1.29, 1.82) is 5.26 Å². The predicted molar refractivity (Wildman–Crippen MR) is 99.8 cm³/mol. The average Bonchev–Trinajstić information content (AvgIpc) is 2.70. The lowest BCUT2D eigenvalue weighted by Crippen LogP contribution is -2.27. The number of methoxy groups -OCH3 is 3. The minimum absolute atomic E-state index is 0.0852. The van der Waals surface area contributed by atoms with Gasteiger partial charge in [0.25, 0.3) is 11.6 Å². The lowest BCUT2D eigenvalue weighted by atomic mass is 10.0. The summed E-state index contributed by atoms with van der Waals surface area (Å²) in [5.41, 5.74) is 0.900. The fourth-order valence-corrected chi connectivity index (χ4v) is 2.67. The van der Waals surface area contributed by atoms with E-state index in [9.17, 15) is 20.2 Å². The second-order valence-corrected chi connectivity index (χ2v) is 5.75. The Hall–Kier alpha value is -3.80. The molecule has 0 aromatic heterocycles. The van der Waals surface area contributed by atoms with E-state index in [0.29, 0.717) is 28.4 Å². The zero-order valence-corrected chi connectivity index (χ0v) is 15.8.